The summed E-state index contributed by atoms with van der Waals surface area (Å²) in [4.78, 5) is 38.6. The van der Waals surface area contributed by atoms with Crippen LogP contribution in [0.1, 0.15) is 17.5 Å². The number of nitrogens with one attached hydrogen (secondary N) is 3. The number of rotatable bonds is 7. The molecule has 1 aliphatic rings. The van der Waals surface area contributed by atoms with Crippen molar-refractivity contribution in [2.75, 3.05) is 11.9 Å². The van der Waals surface area contributed by atoms with Crippen LogP contribution in [0, 0.1) is 0 Å². The number of aromatic amines is 1. The maximum Gasteiger partial charge on any atom is 0.326 e. The molecule has 2 amide bonds. The molecule has 0 saturated heterocycles. The van der Waals surface area contributed by atoms with Gasteiger partial charge >= 0.3 is 5.97 Å². The molecule has 8 heteroatoms. The van der Waals surface area contributed by atoms with Crippen LogP contribution in [0.15, 0.2) is 48.7 Å². The zero-order valence-electron chi connectivity index (χ0n) is 16.1. The average Bonchev–Trinajstić information content (AvgIpc) is 3.14. The van der Waals surface area contributed by atoms with Crippen LogP contribution in [0.3, 0.4) is 0 Å². The molecule has 1 aliphatic heterocycles. The van der Waals surface area contributed by atoms with Gasteiger partial charge in [-0.15, -0.1) is 0 Å². The molecule has 30 heavy (non-hydrogen) atoms. The smallest absolute Gasteiger partial charge is 0.326 e. The highest BCUT2D eigenvalue weighted by Crippen LogP contribution is 2.27. The van der Waals surface area contributed by atoms with E-state index in [2.05, 4.69) is 15.6 Å². The molecule has 1 aromatic heterocycles. The van der Waals surface area contributed by atoms with Crippen molar-refractivity contribution in [3.8, 4) is 5.75 Å². The lowest BCUT2D eigenvalue weighted by Crippen LogP contribution is -2.44. The normalized spacial score (nSPS) is 13.9. The molecule has 2 aromatic carbocycles. The average molecular weight is 407 g/mol. The van der Waals surface area contributed by atoms with Gasteiger partial charge in [0.25, 0.3) is 5.91 Å². The van der Waals surface area contributed by atoms with Crippen LogP contribution in [-0.2, 0) is 27.2 Å². The van der Waals surface area contributed by atoms with Gasteiger partial charge in [-0.3, -0.25) is 9.59 Å². The van der Waals surface area contributed by atoms with Crippen molar-refractivity contribution in [2.45, 2.75) is 25.3 Å². The monoisotopic (exact) mass is 407 g/mol. The lowest BCUT2D eigenvalue weighted by molar-refractivity contribution is -0.142. The molecule has 0 radical (unpaired) electrons. The minimum Gasteiger partial charge on any atom is -0.484 e. The quantitative estimate of drug-likeness (QED) is 0.479. The number of fused-ring (bicyclic) bond motifs is 2. The maximum absolute atomic E-state index is 12.3. The lowest BCUT2D eigenvalue weighted by Gasteiger charge is -2.18. The number of hydrogen-bond donors (Lipinski definition) is 4. The van der Waals surface area contributed by atoms with Crippen molar-refractivity contribution in [3.05, 3.63) is 59.8 Å². The third-order valence-electron chi connectivity index (χ3n) is 5.08. The Hall–Kier alpha value is -3.81. The number of hydrogen-bond acceptors (Lipinski definition) is 4. The number of para-hydroxylation sites is 1. The van der Waals surface area contributed by atoms with Crippen LogP contribution < -0.4 is 15.4 Å². The van der Waals surface area contributed by atoms with E-state index in [1.807, 2.05) is 30.3 Å². The molecule has 4 N–H and O–H groups in total. The number of amides is 2. The fourth-order valence-electron chi connectivity index (χ4n) is 3.55. The van der Waals surface area contributed by atoms with Gasteiger partial charge in [0.15, 0.2) is 6.61 Å². The molecule has 0 spiro atoms. The lowest BCUT2D eigenvalue weighted by atomic mass is 10.0. The number of carboxylic acid groups (broad SMARTS) is 1. The summed E-state index contributed by atoms with van der Waals surface area (Å²) in [7, 11) is 0. The number of aryl methyl sites for hydroxylation is 1. The summed E-state index contributed by atoms with van der Waals surface area (Å²) in [6, 6.07) is 11.7. The number of ether oxygens (including phenoxy) is 1. The minimum absolute atomic E-state index is 0.0565. The number of aromatic nitrogens is 1. The van der Waals surface area contributed by atoms with Crippen molar-refractivity contribution >= 4 is 34.4 Å². The number of benzene rings is 2. The van der Waals surface area contributed by atoms with Gasteiger partial charge in [-0.25, -0.2) is 4.79 Å². The Bertz CT molecular complexity index is 1120. The number of aliphatic carboxylic acids is 1. The molecule has 0 bridgehead atoms. The van der Waals surface area contributed by atoms with E-state index in [0.717, 1.165) is 22.0 Å². The van der Waals surface area contributed by atoms with E-state index in [1.54, 1.807) is 18.3 Å². The predicted molar refractivity (Wildman–Crippen MR) is 110 cm³/mol. The molecule has 2 heterocycles. The summed E-state index contributed by atoms with van der Waals surface area (Å²) in [5.41, 5.74) is 3.40. The third-order valence-corrected chi connectivity index (χ3v) is 5.08. The van der Waals surface area contributed by atoms with Gasteiger partial charge in [0.2, 0.25) is 5.91 Å². The molecule has 1 atom stereocenters. The van der Waals surface area contributed by atoms with Crippen LogP contribution in [-0.4, -0.2) is 40.5 Å². The summed E-state index contributed by atoms with van der Waals surface area (Å²) in [5.74, 6) is -1.29. The van der Waals surface area contributed by atoms with Crippen molar-refractivity contribution in [1.29, 1.82) is 0 Å². The van der Waals surface area contributed by atoms with E-state index < -0.39 is 17.9 Å². The molecule has 3 aromatic rings. The number of H-pyrrole nitrogens is 1. The molecular formula is C22H21N3O5. The van der Waals surface area contributed by atoms with Crippen LogP contribution >= 0.6 is 0 Å². The maximum atomic E-state index is 12.3. The first-order chi connectivity index (χ1) is 14.5. The highest BCUT2D eigenvalue weighted by atomic mass is 16.5. The second-order valence-corrected chi connectivity index (χ2v) is 7.18. The van der Waals surface area contributed by atoms with Gasteiger partial charge in [-0.1, -0.05) is 24.3 Å². The molecule has 8 nitrogen and oxygen atoms in total. The molecule has 154 valence electrons. The van der Waals surface area contributed by atoms with Gasteiger partial charge in [0, 0.05) is 41.7 Å². The van der Waals surface area contributed by atoms with E-state index in [-0.39, 0.29) is 18.9 Å². The number of carboxylic acids is 1. The van der Waals surface area contributed by atoms with Crippen molar-refractivity contribution in [2.24, 2.45) is 0 Å². The standard InChI is InChI=1S/C22H21N3O5/c26-20-8-6-13-5-7-15(10-18(13)24-20)30-12-21(27)25-19(22(28)29)9-14-11-23-17-4-2-1-3-16(14)17/h1-5,7,10-11,19,23H,6,8-9,12H2,(H,24,26)(H,25,27)(H,28,29). The van der Waals surface area contributed by atoms with Crippen molar-refractivity contribution in [1.82, 2.24) is 10.3 Å². The summed E-state index contributed by atoms with van der Waals surface area (Å²) in [5, 5.41) is 15.7. The number of carbonyl (C=O) groups is 3. The van der Waals surface area contributed by atoms with Crippen LogP contribution in [0.25, 0.3) is 10.9 Å². The molecule has 0 saturated carbocycles. The Kier molecular flexibility index (Phi) is 5.38. The van der Waals surface area contributed by atoms with Gasteiger partial charge in [-0.05, 0) is 29.7 Å². The first-order valence-electron chi connectivity index (χ1n) is 9.62. The fourth-order valence-corrected chi connectivity index (χ4v) is 3.55. The van der Waals surface area contributed by atoms with Crippen LogP contribution in [0.4, 0.5) is 5.69 Å². The molecule has 0 aliphatic carbocycles. The summed E-state index contributed by atoms with van der Waals surface area (Å²) in [6.45, 7) is -0.329. The first kappa shape index (κ1) is 19.5. The van der Waals surface area contributed by atoms with Crippen LogP contribution in [0.2, 0.25) is 0 Å². The SMILES string of the molecule is O=C1CCc2ccc(OCC(=O)NC(Cc3c[nH]c4ccccc34)C(=O)O)cc2N1. The zero-order valence-corrected chi connectivity index (χ0v) is 16.1. The van der Waals surface area contributed by atoms with E-state index >= 15 is 0 Å². The van der Waals surface area contributed by atoms with Crippen LogP contribution in [0.5, 0.6) is 5.75 Å². The first-order valence-corrected chi connectivity index (χ1v) is 9.62. The highest BCUT2D eigenvalue weighted by molar-refractivity contribution is 5.94. The van der Waals surface area contributed by atoms with E-state index in [9.17, 15) is 19.5 Å². The summed E-state index contributed by atoms with van der Waals surface area (Å²) in [6.07, 6.45) is 3.01. The van der Waals surface area contributed by atoms with E-state index in [0.29, 0.717) is 24.3 Å². The minimum atomic E-state index is -1.12. The Morgan fingerprint density at radius 2 is 2.00 bits per heavy atom. The summed E-state index contributed by atoms with van der Waals surface area (Å²) >= 11 is 0. The van der Waals surface area contributed by atoms with Gasteiger partial charge in [0.05, 0.1) is 0 Å². The Labute approximate surface area is 172 Å². The number of anilines is 1. The molecule has 4 rings (SSSR count). The van der Waals surface area contributed by atoms with Gasteiger partial charge in [0.1, 0.15) is 11.8 Å². The van der Waals surface area contributed by atoms with Gasteiger partial charge < -0.3 is 25.5 Å². The Morgan fingerprint density at radius 1 is 1.17 bits per heavy atom. The van der Waals surface area contributed by atoms with Crippen molar-refractivity contribution < 1.29 is 24.2 Å². The van der Waals surface area contributed by atoms with Crippen molar-refractivity contribution in [3.63, 3.8) is 0 Å². The molecular weight excluding hydrogens is 386 g/mol. The highest BCUT2D eigenvalue weighted by Gasteiger charge is 2.22. The number of carbonyl (C=O) groups excluding carboxylic acids is 2. The molecule has 1 unspecified atom stereocenters. The third kappa shape index (κ3) is 4.27. The van der Waals surface area contributed by atoms with E-state index in [1.165, 1.54) is 0 Å². The zero-order chi connectivity index (χ0) is 21.1. The second kappa shape index (κ2) is 8.28. The molecule has 0 fully saturated rings. The Balaban J connectivity index is 1.37. The topological polar surface area (TPSA) is 121 Å². The second-order valence-electron chi connectivity index (χ2n) is 7.18. The predicted octanol–water partition coefficient (Wildman–Crippen LogP) is 2.24. The van der Waals surface area contributed by atoms with Gasteiger partial charge in [-0.2, -0.15) is 0 Å². The summed E-state index contributed by atoms with van der Waals surface area (Å²) < 4.78 is 5.49. The van der Waals surface area contributed by atoms with E-state index in [4.69, 9.17) is 4.74 Å². The fraction of sp³-hybridized carbons (Fsp3) is 0.227. The Morgan fingerprint density at radius 3 is 2.83 bits per heavy atom. The largest absolute Gasteiger partial charge is 0.484 e.